The standard InChI is InChI=1S/C22H28N2O5/c25-19(14-24-21(27)29-15-16-4-2-1-3-5-16)20(26)17-6-8-18(9-7-17)22(28)10-12-23-13-11-22/h1-9,19-20,23,25-26,28H,10-15H2,(H,24,27). The minimum atomic E-state index is -1.19. The molecular weight excluding hydrogens is 372 g/mol. The van der Waals surface area contributed by atoms with E-state index >= 15 is 0 Å². The van der Waals surface area contributed by atoms with Crippen molar-refractivity contribution in [3.63, 3.8) is 0 Å². The van der Waals surface area contributed by atoms with E-state index in [0.717, 1.165) is 24.2 Å². The average Bonchev–Trinajstić information content (AvgIpc) is 2.77. The SMILES string of the molecule is O=C(NCC(O)C(O)c1ccc(C2(O)CCNCC2)cc1)OCc1ccccc1. The Morgan fingerprint density at radius 2 is 1.72 bits per heavy atom. The molecule has 1 amide bonds. The zero-order valence-electron chi connectivity index (χ0n) is 16.3. The summed E-state index contributed by atoms with van der Waals surface area (Å²) in [4.78, 5) is 11.8. The van der Waals surface area contributed by atoms with E-state index in [2.05, 4.69) is 10.6 Å². The van der Waals surface area contributed by atoms with Crippen LogP contribution in [0.3, 0.4) is 0 Å². The summed E-state index contributed by atoms with van der Waals surface area (Å²) in [6.45, 7) is 1.49. The van der Waals surface area contributed by atoms with Crippen molar-refractivity contribution in [2.75, 3.05) is 19.6 Å². The van der Waals surface area contributed by atoms with Gasteiger partial charge in [0.15, 0.2) is 0 Å². The summed E-state index contributed by atoms with van der Waals surface area (Å²) in [6.07, 6.45) is -1.75. The van der Waals surface area contributed by atoms with Crippen molar-refractivity contribution in [3.05, 3.63) is 71.3 Å². The molecule has 156 valence electrons. The number of amides is 1. The van der Waals surface area contributed by atoms with E-state index in [-0.39, 0.29) is 13.2 Å². The van der Waals surface area contributed by atoms with E-state index < -0.39 is 23.9 Å². The van der Waals surface area contributed by atoms with Gasteiger partial charge in [0.25, 0.3) is 0 Å². The maximum absolute atomic E-state index is 11.8. The third kappa shape index (κ3) is 5.77. The van der Waals surface area contributed by atoms with E-state index in [9.17, 15) is 20.1 Å². The molecule has 1 saturated heterocycles. The Bertz CT molecular complexity index is 776. The molecule has 1 aliphatic rings. The number of ether oxygens (including phenoxy) is 1. The highest BCUT2D eigenvalue weighted by Gasteiger charge is 2.31. The molecule has 1 heterocycles. The van der Waals surface area contributed by atoms with Crippen molar-refractivity contribution in [2.45, 2.75) is 37.3 Å². The molecule has 0 aliphatic carbocycles. The summed E-state index contributed by atoms with van der Waals surface area (Å²) in [5.41, 5.74) is 1.31. The lowest BCUT2D eigenvalue weighted by atomic mass is 9.84. The van der Waals surface area contributed by atoms with Gasteiger partial charge < -0.3 is 30.7 Å². The lowest BCUT2D eigenvalue weighted by Crippen LogP contribution is -2.39. The van der Waals surface area contributed by atoms with Gasteiger partial charge in [-0.05, 0) is 42.6 Å². The number of benzene rings is 2. The summed E-state index contributed by atoms with van der Waals surface area (Å²) in [6, 6.07) is 16.2. The molecule has 0 radical (unpaired) electrons. The fourth-order valence-electron chi connectivity index (χ4n) is 3.42. The molecular formula is C22H28N2O5. The van der Waals surface area contributed by atoms with Crippen LogP contribution in [0.1, 0.15) is 35.6 Å². The second kappa shape index (κ2) is 9.84. The second-order valence-electron chi connectivity index (χ2n) is 7.36. The van der Waals surface area contributed by atoms with Crippen molar-refractivity contribution in [1.82, 2.24) is 10.6 Å². The number of carbonyl (C=O) groups excluding carboxylic acids is 1. The summed E-state index contributed by atoms with van der Waals surface area (Å²) in [5.74, 6) is 0. The van der Waals surface area contributed by atoms with Gasteiger partial charge in [-0.15, -0.1) is 0 Å². The van der Waals surface area contributed by atoms with E-state index in [1.54, 1.807) is 24.3 Å². The van der Waals surface area contributed by atoms with Gasteiger partial charge in [-0.25, -0.2) is 4.79 Å². The number of nitrogens with one attached hydrogen (secondary N) is 2. The van der Waals surface area contributed by atoms with E-state index in [0.29, 0.717) is 18.4 Å². The lowest BCUT2D eigenvalue weighted by Gasteiger charge is -2.33. The van der Waals surface area contributed by atoms with Gasteiger partial charge in [0.05, 0.1) is 5.60 Å². The molecule has 0 spiro atoms. The molecule has 2 unspecified atom stereocenters. The highest BCUT2D eigenvalue weighted by Crippen LogP contribution is 2.31. The lowest BCUT2D eigenvalue weighted by molar-refractivity contribution is 0.00542. The zero-order chi connectivity index (χ0) is 20.7. The minimum absolute atomic E-state index is 0.130. The Balaban J connectivity index is 1.48. The fourth-order valence-corrected chi connectivity index (χ4v) is 3.42. The van der Waals surface area contributed by atoms with Crippen LogP contribution in [0, 0.1) is 0 Å². The fraction of sp³-hybridized carbons (Fsp3) is 0.409. The summed E-state index contributed by atoms with van der Waals surface area (Å²) >= 11 is 0. The molecule has 7 heteroatoms. The van der Waals surface area contributed by atoms with Crippen molar-refractivity contribution in [1.29, 1.82) is 0 Å². The van der Waals surface area contributed by atoms with Crippen molar-refractivity contribution in [2.24, 2.45) is 0 Å². The Hall–Kier alpha value is -2.45. The predicted octanol–water partition coefficient (Wildman–Crippen LogP) is 1.58. The third-order valence-electron chi connectivity index (χ3n) is 5.25. The van der Waals surface area contributed by atoms with Crippen LogP contribution < -0.4 is 10.6 Å². The maximum Gasteiger partial charge on any atom is 0.407 e. The summed E-state index contributed by atoms with van der Waals surface area (Å²) in [5, 5.41) is 37.0. The molecule has 3 rings (SSSR count). The smallest absolute Gasteiger partial charge is 0.407 e. The molecule has 7 nitrogen and oxygen atoms in total. The summed E-state index contributed by atoms with van der Waals surface area (Å²) < 4.78 is 5.08. The number of aliphatic hydroxyl groups is 3. The number of rotatable bonds is 7. The topological polar surface area (TPSA) is 111 Å². The maximum atomic E-state index is 11.8. The first kappa shape index (κ1) is 21.3. The second-order valence-corrected chi connectivity index (χ2v) is 7.36. The number of piperidine rings is 1. The first-order valence-electron chi connectivity index (χ1n) is 9.82. The van der Waals surface area contributed by atoms with Gasteiger partial charge in [-0.3, -0.25) is 0 Å². The zero-order valence-corrected chi connectivity index (χ0v) is 16.3. The van der Waals surface area contributed by atoms with E-state index in [1.807, 2.05) is 30.3 Å². The molecule has 2 aromatic carbocycles. The summed E-state index contributed by atoms with van der Waals surface area (Å²) in [7, 11) is 0. The van der Waals surface area contributed by atoms with Gasteiger partial charge in [0.2, 0.25) is 0 Å². The highest BCUT2D eigenvalue weighted by molar-refractivity contribution is 5.67. The average molecular weight is 400 g/mol. The Morgan fingerprint density at radius 1 is 1.07 bits per heavy atom. The Kier molecular flexibility index (Phi) is 7.22. The molecule has 0 saturated carbocycles. The quantitative estimate of drug-likeness (QED) is 0.483. The monoisotopic (exact) mass is 400 g/mol. The predicted molar refractivity (Wildman–Crippen MR) is 108 cm³/mol. The van der Waals surface area contributed by atoms with Gasteiger partial charge in [0.1, 0.15) is 18.8 Å². The van der Waals surface area contributed by atoms with Crippen molar-refractivity contribution >= 4 is 6.09 Å². The largest absolute Gasteiger partial charge is 0.445 e. The van der Waals surface area contributed by atoms with Crippen LogP contribution in [-0.4, -0.2) is 47.2 Å². The molecule has 2 aromatic rings. The van der Waals surface area contributed by atoms with Gasteiger partial charge in [0, 0.05) is 6.54 Å². The van der Waals surface area contributed by atoms with Crippen LogP contribution in [0.2, 0.25) is 0 Å². The number of hydrogen-bond donors (Lipinski definition) is 5. The first-order valence-corrected chi connectivity index (χ1v) is 9.82. The third-order valence-corrected chi connectivity index (χ3v) is 5.25. The van der Waals surface area contributed by atoms with Crippen LogP contribution in [0.25, 0.3) is 0 Å². The van der Waals surface area contributed by atoms with Crippen LogP contribution in [0.15, 0.2) is 54.6 Å². The number of alkyl carbamates (subject to hydrolysis) is 1. The molecule has 5 N–H and O–H groups in total. The van der Waals surface area contributed by atoms with Gasteiger partial charge in [-0.1, -0.05) is 54.6 Å². The normalized spacial score (nSPS) is 17.9. The van der Waals surface area contributed by atoms with Crippen LogP contribution in [0.5, 0.6) is 0 Å². The molecule has 1 fully saturated rings. The van der Waals surface area contributed by atoms with Gasteiger partial charge >= 0.3 is 6.09 Å². The Morgan fingerprint density at radius 3 is 2.38 bits per heavy atom. The molecule has 0 bridgehead atoms. The molecule has 1 aliphatic heterocycles. The first-order chi connectivity index (χ1) is 14.0. The minimum Gasteiger partial charge on any atom is -0.445 e. The molecule has 2 atom stereocenters. The van der Waals surface area contributed by atoms with Gasteiger partial charge in [-0.2, -0.15) is 0 Å². The molecule has 29 heavy (non-hydrogen) atoms. The number of carbonyl (C=O) groups is 1. The molecule has 0 aromatic heterocycles. The highest BCUT2D eigenvalue weighted by atomic mass is 16.5. The van der Waals surface area contributed by atoms with Crippen molar-refractivity contribution in [3.8, 4) is 0 Å². The Labute approximate surface area is 170 Å². The van der Waals surface area contributed by atoms with E-state index in [1.165, 1.54) is 0 Å². The number of aliphatic hydroxyl groups excluding tert-OH is 2. The van der Waals surface area contributed by atoms with Crippen LogP contribution in [-0.2, 0) is 16.9 Å². The van der Waals surface area contributed by atoms with E-state index in [4.69, 9.17) is 4.74 Å². The van der Waals surface area contributed by atoms with Crippen LogP contribution >= 0.6 is 0 Å². The van der Waals surface area contributed by atoms with Crippen molar-refractivity contribution < 1.29 is 24.9 Å². The number of hydrogen-bond acceptors (Lipinski definition) is 6. The van der Waals surface area contributed by atoms with Crippen LogP contribution in [0.4, 0.5) is 4.79 Å².